The van der Waals surface area contributed by atoms with E-state index in [2.05, 4.69) is 10.5 Å². The lowest BCUT2D eigenvalue weighted by Crippen LogP contribution is -2.56. The fourth-order valence-electron chi connectivity index (χ4n) is 2.69. The number of hydrogen-bond acceptors (Lipinski definition) is 3. The number of carbonyl (C=O) groups excluding carboxylic acids is 1. The Bertz CT molecular complexity index is 551. The van der Waals surface area contributed by atoms with Gasteiger partial charge in [-0.05, 0) is 25.0 Å². The molecule has 1 aliphatic carbocycles. The number of amidine groups is 1. The zero-order valence-electron chi connectivity index (χ0n) is 11.4. The lowest BCUT2D eigenvalue weighted by Gasteiger charge is -2.28. The fourth-order valence-corrected chi connectivity index (χ4v) is 2.92. The van der Waals surface area contributed by atoms with E-state index in [0.717, 1.165) is 12.8 Å². The summed E-state index contributed by atoms with van der Waals surface area (Å²) >= 11 is 5.91. The quantitative estimate of drug-likeness (QED) is 0.344. The van der Waals surface area contributed by atoms with Gasteiger partial charge in [-0.2, -0.15) is 0 Å². The van der Waals surface area contributed by atoms with Crippen molar-refractivity contribution in [1.82, 2.24) is 5.32 Å². The van der Waals surface area contributed by atoms with Crippen LogP contribution in [0.25, 0.3) is 0 Å². The van der Waals surface area contributed by atoms with Gasteiger partial charge >= 0.3 is 0 Å². The van der Waals surface area contributed by atoms with Gasteiger partial charge in [-0.3, -0.25) is 4.79 Å². The third-order valence-electron chi connectivity index (χ3n) is 3.83. The van der Waals surface area contributed by atoms with Crippen molar-refractivity contribution in [3.63, 3.8) is 0 Å². The number of nitrogens with two attached hydrogens (primary N) is 1. The van der Waals surface area contributed by atoms with Crippen LogP contribution in [-0.4, -0.2) is 22.5 Å². The zero-order chi connectivity index (χ0) is 15.5. The van der Waals surface area contributed by atoms with Crippen molar-refractivity contribution in [1.29, 1.82) is 0 Å². The number of nitrogens with one attached hydrogen (secondary N) is 1. The van der Waals surface area contributed by atoms with E-state index in [1.54, 1.807) is 0 Å². The van der Waals surface area contributed by atoms with E-state index in [9.17, 15) is 9.18 Å². The average Bonchev–Trinajstić information content (AvgIpc) is 2.92. The van der Waals surface area contributed by atoms with Crippen molar-refractivity contribution in [2.75, 3.05) is 0 Å². The predicted molar refractivity (Wildman–Crippen MR) is 77.9 cm³/mol. The molecule has 0 heterocycles. The number of halogens is 2. The molecule has 2 rings (SSSR count). The molecule has 5 nitrogen and oxygen atoms in total. The molecule has 21 heavy (non-hydrogen) atoms. The van der Waals surface area contributed by atoms with E-state index >= 15 is 0 Å². The van der Waals surface area contributed by atoms with Gasteiger partial charge < -0.3 is 16.3 Å². The maximum absolute atomic E-state index is 13.7. The van der Waals surface area contributed by atoms with E-state index in [1.807, 2.05) is 0 Å². The van der Waals surface area contributed by atoms with Crippen LogP contribution >= 0.6 is 11.6 Å². The van der Waals surface area contributed by atoms with Gasteiger partial charge in [0.2, 0.25) is 5.91 Å². The number of amides is 1. The van der Waals surface area contributed by atoms with E-state index < -0.39 is 17.3 Å². The van der Waals surface area contributed by atoms with Crippen LogP contribution in [0.4, 0.5) is 4.39 Å². The van der Waals surface area contributed by atoms with Gasteiger partial charge in [0, 0.05) is 10.6 Å². The first kappa shape index (κ1) is 15.6. The van der Waals surface area contributed by atoms with E-state index in [0.29, 0.717) is 12.8 Å². The van der Waals surface area contributed by atoms with Gasteiger partial charge in [0.25, 0.3) is 0 Å². The fraction of sp³-hybridized carbons (Fsp3) is 0.429. The first-order valence-electron chi connectivity index (χ1n) is 6.70. The minimum atomic E-state index is -0.844. The summed E-state index contributed by atoms with van der Waals surface area (Å²) in [5.74, 6) is -0.953. The summed E-state index contributed by atoms with van der Waals surface area (Å²) in [4.78, 5) is 12.2. The first-order valence-corrected chi connectivity index (χ1v) is 7.08. The molecular weight excluding hydrogens is 297 g/mol. The number of carbonyl (C=O) groups is 1. The highest BCUT2D eigenvalue weighted by Gasteiger charge is 2.39. The van der Waals surface area contributed by atoms with Crippen LogP contribution in [0, 0.1) is 5.82 Å². The monoisotopic (exact) mass is 313 g/mol. The molecule has 0 unspecified atom stereocenters. The molecule has 0 saturated heterocycles. The Hall–Kier alpha value is -1.82. The first-order chi connectivity index (χ1) is 9.98. The highest BCUT2D eigenvalue weighted by molar-refractivity contribution is 6.31. The van der Waals surface area contributed by atoms with Crippen molar-refractivity contribution in [2.24, 2.45) is 10.9 Å². The maximum Gasteiger partial charge on any atom is 0.225 e. The molecule has 0 bridgehead atoms. The van der Waals surface area contributed by atoms with Gasteiger partial charge in [0.05, 0.1) is 6.42 Å². The SMILES string of the molecule is N/C(=N/O)C1(NC(=O)Cc2c(F)cccc2Cl)CCCC1. The molecule has 1 saturated carbocycles. The Morgan fingerprint density at radius 2 is 2.14 bits per heavy atom. The number of rotatable bonds is 4. The molecule has 7 heteroatoms. The van der Waals surface area contributed by atoms with Crippen LogP contribution in [0.3, 0.4) is 0 Å². The molecule has 1 fully saturated rings. The van der Waals surface area contributed by atoms with Crippen molar-refractivity contribution < 1.29 is 14.4 Å². The Morgan fingerprint density at radius 1 is 1.48 bits per heavy atom. The van der Waals surface area contributed by atoms with Crippen molar-refractivity contribution in [3.05, 3.63) is 34.6 Å². The molecule has 114 valence electrons. The molecule has 4 N–H and O–H groups in total. The van der Waals surface area contributed by atoms with Gasteiger partial charge in [0.15, 0.2) is 5.84 Å². The normalized spacial score (nSPS) is 17.7. The number of benzene rings is 1. The second-order valence-corrected chi connectivity index (χ2v) is 5.61. The summed E-state index contributed by atoms with van der Waals surface area (Å²) in [5.41, 5.74) is 5.00. The Balaban J connectivity index is 2.14. The van der Waals surface area contributed by atoms with Crippen LogP contribution in [0.5, 0.6) is 0 Å². The second kappa shape index (κ2) is 6.30. The standard InChI is InChI=1S/C14H17ClFN3O2/c15-10-4-3-5-11(16)9(10)8-12(20)18-14(13(17)19-21)6-1-2-7-14/h3-5,21H,1-2,6-8H2,(H2,17,19)(H,18,20). The van der Waals surface area contributed by atoms with Crippen molar-refractivity contribution in [2.45, 2.75) is 37.6 Å². The number of oxime groups is 1. The van der Waals surface area contributed by atoms with E-state index in [4.69, 9.17) is 22.5 Å². The summed E-state index contributed by atoms with van der Waals surface area (Å²) in [6.07, 6.45) is 2.75. The number of nitrogens with zero attached hydrogens (tertiary/aromatic N) is 1. The molecule has 1 amide bonds. The minimum absolute atomic E-state index is 0.0204. The molecule has 0 atom stereocenters. The Kier molecular flexibility index (Phi) is 4.67. The van der Waals surface area contributed by atoms with Crippen LogP contribution in [0.2, 0.25) is 5.02 Å². The van der Waals surface area contributed by atoms with Gasteiger partial charge in [-0.15, -0.1) is 0 Å². The molecular formula is C14H17ClFN3O2. The second-order valence-electron chi connectivity index (χ2n) is 5.20. The van der Waals surface area contributed by atoms with Gasteiger partial charge in [-0.25, -0.2) is 4.39 Å². The van der Waals surface area contributed by atoms with Crippen LogP contribution in [0.1, 0.15) is 31.2 Å². The van der Waals surface area contributed by atoms with Crippen molar-refractivity contribution >= 4 is 23.3 Å². The summed E-state index contributed by atoms with van der Waals surface area (Å²) in [5, 5.41) is 14.9. The lowest BCUT2D eigenvalue weighted by atomic mass is 9.95. The average molecular weight is 314 g/mol. The molecule has 1 aliphatic rings. The van der Waals surface area contributed by atoms with Crippen LogP contribution < -0.4 is 11.1 Å². The Morgan fingerprint density at radius 3 is 2.71 bits per heavy atom. The molecule has 0 aromatic heterocycles. The molecule has 1 aromatic rings. The summed E-state index contributed by atoms with van der Waals surface area (Å²) < 4.78 is 13.7. The largest absolute Gasteiger partial charge is 0.409 e. The van der Waals surface area contributed by atoms with E-state index in [-0.39, 0.29) is 22.8 Å². The smallest absolute Gasteiger partial charge is 0.225 e. The molecule has 0 spiro atoms. The summed E-state index contributed by atoms with van der Waals surface area (Å²) in [7, 11) is 0. The lowest BCUT2D eigenvalue weighted by molar-refractivity contribution is -0.121. The van der Waals surface area contributed by atoms with Crippen LogP contribution in [0.15, 0.2) is 23.4 Å². The highest BCUT2D eigenvalue weighted by atomic mass is 35.5. The minimum Gasteiger partial charge on any atom is -0.409 e. The third kappa shape index (κ3) is 3.26. The van der Waals surface area contributed by atoms with Gasteiger partial charge in [0.1, 0.15) is 11.4 Å². The Labute approximate surface area is 127 Å². The number of hydrogen-bond donors (Lipinski definition) is 3. The van der Waals surface area contributed by atoms with Crippen molar-refractivity contribution in [3.8, 4) is 0 Å². The van der Waals surface area contributed by atoms with Crippen LogP contribution in [-0.2, 0) is 11.2 Å². The predicted octanol–water partition coefficient (Wildman–Crippen LogP) is 2.20. The van der Waals surface area contributed by atoms with E-state index in [1.165, 1.54) is 18.2 Å². The topological polar surface area (TPSA) is 87.7 Å². The zero-order valence-corrected chi connectivity index (χ0v) is 12.2. The maximum atomic E-state index is 13.7. The molecule has 1 aromatic carbocycles. The van der Waals surface area contributed by atoms with Gasteiger partial charge in [-0.1, -0.05) is 35.7 Å². The molecule has 0 aliphatic heterocycles. The highest BCUT2D eigenvalue weighted by Crippen LogP contribution is 2.30. The third-order valence-corrected chi connectivity index (χ3v) is 4.19. The molecule has 0 radical (unpaired) electrons. The summed E-state index contributed by atoms with van der Waals surface area (Å²) in [6, 6.07) is 4.26. The summed E-state index contributed by atoms with van der Waals surface area (Å²) in [6.45, 7) is 0.